The number of aromatic nitrogens is 1. The van der Waals surface area contributed by atoms with Crippen molar-refractivity contribution < 1.29 is 18.0 Å². The van der Waals surface area contributed by atoms with Gasteiger partial charge in [-0.15, -0.1) is 11.3 Å². The molecule has 0 spiro atoms. The maximum absolute atomic E-state index is 11.7. The van der Waals surface area contributed by atoms with Gasteiger partial charge in [0.2, 0.25) is 0 Å². The van der Waals surface area contributed by atoms with Gasteiger partial charge in [0.15, 0.2) is 0 Å². The van der Waals surface area contributed by atoms with E-state index in [4.69, 9.17) is 0 Å². The molecular formula is C8H10F3N3OS. The third-order valence-corrected chi connectivity index (χ3v) is 2.23. The van der Waals surface area contributed by atoms with Crippen molar-refractivity contribution in [2.75, 3.05) is 13.1 Å². The van der Waals surface area contributed by atoms with Crippen LogP contribution >= 0.6 is 11.3 Å². The average molecular weight is 253 g/mol. The molecule has 4 nitrogen and oxygen atoms in total. The van der Waals surface area contributed by atoms with Gasteiger partial charge in [0, 0.05) is 18.3 Å². The molecule has 8 heteroatoms. The maximum atomic E-state index is 11.7. The molecule has 1 aromatic heterocycles. The van der Waals surface area contributed by atoms with Gasteiger partial charge >= 0.3 is 12.2 Å². The summed E-state index contributed by atoms with van der Waals surface area (Å²) in [5.41, 5.74) is 2.46. The number of hydrogen-bond donors (Lipinski definition) is 2. The van der Waals surface area contributed by atoms with Crippen LogP contribution in [0.4, 0.5) is 18.0 Å². The molecule has 0 fully saturated rings. The lowest BCUT2D eigenvalue weighted by molar-refractivity contribution is -0.122. The van der Waals surface area contributed by atoms with Crippen molar-refractivity contribution in [1.82, 2.24) is 15.6 Å². The summed E-state index contributed by atoms with van der Waals surface area (Å²) in [6.07, 6.45) is -3.88. The molecule has 1 heterocycles. The van der Waals surface area contributed by atoms with Crippen molar-refractivity contribution in [2.24, 2.45) is 0 Å². The molecule has 1 aromatic rings. The van der Waals surface area contributed by atoms with E-state index in [-0.39, 0.29) is 6.54 Å². The van der Waals surface area contributed by atoms with Crippen LogP contribution < -0.4 is 10.6 Å². The average Bonchev–Trinajstić information content (AvgIpc) is 2.66. The number of nitrogens with one attached hydrogen (secondary N) is 2. The number of carbonyl (C=O) groups excluding carboxylic acids is 1. The number of urea groups is 1. The zero-order valence-electron chi connectivity index (χ0n) is 8.17. The van der Waals surface area contributed by atoms with E-state index in [9.17, 15) is 18.0 Å². The van der Waals surface area contributed by atoms with Crippen molar-refractivity contribution >= 4 is 17.4 Å². The molecule has 0 atom stereocenters. The van der Waals surface area contributed by atoms with Crippen LogP contribution in [0.25, 0.3) is 0 Å². The second-order valence-electron chi connectivity index (χ2n) is 2.95. The van der Waals surface area contributed by atoms with Crippen LogP contribution in [0.5, 0.6) is 0 Å². The van der Waals surface area contributed by atoms with Gasteiger partial charge in [-0.25, -0.2) is 9.78 Å². The first-order valence-corrected chi connectivity index (χ1v) is 5.37. The number of alkyl halides is 3. The van der Waals surface area contributed by atoms with E-state index >= 15 is 0 Å². The van der Waals surface area contributed by atoms with Gasteiger partial charge in [0.05, 0.1) is 11.2 Å². The highest BCUT2D eigenvalue weighted by Crippen LogP contribution is 2.11. The van der Waals surface area contributed by atoms with E-state index in [0.29, 0.717) is 6.42 Å². The number of rotatable bonds is 4. The van der Waals surface area contributed by atoms with Crippen molar-refractivity contribution in [1.29, 1.82) is 0 Å². The highest BCUT2D eigenvalue weighted by atomic mass is 32.1. The van der Waals surface area contributed by atoms with Gasteiger partial charge in [-0.05, 0) is 0 Å². The highest BCUT2D eigenvalue weighted by Gasteiger charge is 2.27. The Morgan fingerprint density at radius 1 is 1.44 bits per heavy atom. The van der Waals surface area contributed by atoms with E-state index in [0.717, 1.165) is 5.69 Å². The van der Waals surface area contributed by atoms with Crippen LogP contribution in [-0.4, -0.2) is 30.3 Å². The monoisotopic (exact) mass is 253 g/mol. The standard InChI is InChI=1S/C8H10F3N3OS/c9-8(10,11)4-13-7(15)12-2-1-6-3-16-5-14-6/h3,5H,1-2,4H2,(H2,12,13,15). The van der Waals surface area contributed by atoms with Gasteiger partial charge in [-0.2, -0.15) is 13.2 Å². The first-order valence-electron chi connectivity index (χ1n) is 4.43. The molecule has 2 amide bonds. The zero-order chi connectivity index (χ0) is 12.0. The number of amides is 2. The topological polar surface area (TPSA) is 54.0 Å². The maximum Gasteiger partial charge on any atom is 0.405 e. The number of halogens is 3. The van der Waals surface area contributed by atoms with Gasteiger partial charge in [0.25, 0.3) is 0 Å². The molecule has 0 aromatic carbocycles. The largest absolute Gasteiger partial charge is 0.405 e. The lowest BCUT2D eigenvalue weighted by Gasteiger charge is -2.09. The summed E-state index contributed by atoms with van der Waals surface area (Å²) in [5.74, 6) is 0. The van der Waals surface area contributed by atoms with Gasteiger partial charge in [-0.3, -0.25) is 0 Å². The smallest absolute Gasteiger partial charge is 0.338 e. The Morgan fingerprint density at radius 2 is 2.19 bits per heavy atom. The van der Waals surface area contributed by atoms with Crippen LogP contribution in [0, 0.1) is 0 Å². The number of hydrogen-bond acceptors (Lipinski definition) is 3. The van der Waals surface area contributed by atoms with Crippen LogP contribution in [-0.2, 0) is 6.42 Å². The summed E-state index contributed by atoms with van der Waals surface area (Å²) < 4.78 is 35.1. The SMILES string of the molecule is O=C(NCCc1cscn1)NCC(F)(F)F. The second kappa shape index (κ2) is 5.69. The van der Waals surface area contributed by atoms with Crippen LogP contribution in [0.15, 0.2) is 10.9 Å². The Morgan fingerprint density at radius 3 is 2.75 bits per heavy atom. The van der Waals surface area contributed by atoms with Crippen molar-refractivity contribution in [3.05, 3.63) is 16.6 Å². The molecule has 0 bridgehead atoms. The molecule has 16 heavy (non-hydrogen) atoms. The predicted molar refractivity (Wildman–Crippen MR) is 53.3 cm³/mol. The highest BCUT2D eigenvalue weighted by molar-refractivity contribution is 7.07. The summed E-state index contributed by atoms with van der Waals surface area (Å²) in [7, 11) is 0. The lowest BCUT2D eigenvalue weighted by Crippen LogP contribution is -2.41. The molecule has 1 rings (SSSR count). The van der Waals surface area contributed by atoms with E-state index in [1.165, 1.54) is 11.3 Å². The van der Waals surface area contributed by atoms with Gasteiger partial charge in [-0.1, -0.05) is 0 Å². The molecule has 90 valence electrons. The van der Waals surface area contributed by atoms with E-state index in [1.807, 2.05) is 5.38 Å². The van der Waals surface area contributed by atoms with Gasteiger partial charge in [0.1, 0.15) is 6.54 Å². The summed E-state index contributed by atoms with van der Waals surface area (Å²) in [5, 5.41) is 5.83. The van der Waals surface area contributed by atoms with Crippen molar-refractivity contribution in [3.8, 4) is 0 Å². The Hall–Kier alpha value is -1.31. The van der Waals surface area contributed by atoms with E-state index < -0.39 is 18.8 Å². The Kier molecular flexibility index (Phi) is 4.53. The minimum atomic E-state index is -4.38. The zero-order valence-corrected chi connectivity index (χ0v) is 8.99. The van der Waals surface area contributed by atoms with Gasteiger partial charge < -0.3 is 10.6 Å². The molecule has 0 radical (unpaired) electrons. The van der Waals surface area contributed by atoms with Crippen molar-refractivity contribution in [3.63, 3.8) is 0 Å². The Labute approximate surface area is 93.9 Å². The third-order valence-electron chi connectivity index (χ3n) is 1.60. The third kappa shape index (κ3) is 5.54. The van der Waals surface area contributed by atoms with E-state index in [1.54, 1.807) is 10.8 Å². The summed E-state index contributed by atoms with van der Waals surface area (Å²) in [6, 6.07) is -0.826. The normalized spacial score (nSPS) is 11.2. The molecule has 2 N–H and O–H groups in total. The quantitative estimate of drug-likeness (QED) is 0.855. The first kappa shape index (κ1) is 12.8. The van der Waals surface area contributed by atoms with Crippen LogP contribution in [0.1, 0.15) is 5.69 Å². The number of carbonyl (C=O) groups is 1. The molecule has 0 unspecified atom stereocenters. The Balaban J connectivity index is 2.11. The number of thiazole rings is 1. The van der Waals surface area contributed by atoms with Crippen LogP contribution in [0.2, 0.25) is 0 Å². The fraction of sp³-hybridized carbons (Fsp3) is 0.500. The second-order valence-corrected chi connectivity index (χ2v) is 3.67. The Bertz CT molecular complexity index is 326. The molecular weight excluding hydrogens is 243 g/mol. The summed E-state index contributed by atoms with van der Waals surface area (Å²) >= 11 is 1.42. The van der Waals surface area contributed by atoms with E-state index in [2.05, 4.69) is 10.3 Å². The minimum absolute atomic E-state index is 0.257. The minimum Gasteiger partial charge on any atom is -0.338 e. The predicted octanol–water partition coefficient (Wildman–Crippen LogP) is 1.55. The molecule has 0 saturated carbocycles. The first-order chi connectivity index (χ1) is 7.47. The fourth-order valence-corrected chi connectivity index (χ4v) is 1.50. The summed E-state index contributed by atoms with van der Waals surface area (Å²) in [6.45, 7) is -1.07. The fourth-order valence-electron chi connectivity index (χ4n) is 0.908. The van der Waals surface area contributed by atoms with Crippen molar-refractivity contribution in [2.45, 2.75) is 12.6 Å². The number of nitrogens with zero attached hydrogens (tertiary/aromatic N) is 1. The molecule has 0 saturated heterocycles. The molecule has 0 aliphatic rings. The molecule has 0 aliphatic heterocycles. The van der Waals surface area contributed by atoms with Crippen LogP contribution in [0.3, 0.4) is 0 Å². The molecule has 0 aliphatic carbocycles. The summed E-state index contributed by atoms with van der Waals surface area (Å²) in [4.78, 5) is 14.8. The lowest BCUT2D eigenvalue weighted by atomic mass is 10.3.